The summed E-state index contributed by atoms with van der Waals surface area (Å²) in [5, 5.41) is 103. The van der Waals surface area contributed by atoms with Crippen LogP contribution in [-0.4, -0.2) is 209 Å². The molecule has 37 heteroatoms. The molecule has 3 aliphatic heterocycles. The topological polar surface area (TPSA) is 465 Å². The van der Waals surface area contributed by atoms with Crippen molar-refractivity contribution >= 4 is 75.7 Å². The van der Waals surface area contributed by atoms with Crippen LogP contribution >= 0.6 is 21.6 Å². The molecule has 3 fully saturated rings. The zero-order valence-electron chi connectivity index (χ0n) is 38.2. The van der Waals surface area contributed by atoms with E-state index in [1.807, 2.05) is 21.6 Å². The predicted octanol–water partition coefficient (Wildman–Crippen LogP) is -18.5. The van der Waals surface area contributed by atoms with E-state index in [1.165, 1.54) is 16.9 Å². The van der Waals surface area contributed by atoms with Gasteiger partial charge in [-0.1, -0.05) is 34.1 Å². The minimum Gasteiger partial charge on any atom is -0.862 e. The van der Waals surface area contributed by atoms with Crippen molar-refractivity contribution in [3.05, 3.63) is 24.3 Å². The van der Waals surface area contributed by atoms with Crippen LogP contribution in [0.2, 0.25) is 0 Å². The molecule has 3 saturated heterocycles. The van der Waals surface area contributed by atoms with E-state index in [-0.39, 0.29) is 131 Å². The maximum absolute atomic E-state index is 12.4. The molecule has 380 valence electrons. The summed E-state index contributed by atoms with van der Waals surface area (Å²) in [5.74, 6) is -1.59. The standard InChI is InChI=1S/C33H53N3O25S5.4Na/c1-56-25-23(42)20(36-65(50,51)52)32(60-29(25)31(46)64(47,48)49)58-26-24(43)27(61-66(53,54)55)33(59-28(26)30(44)45)57-13-18(38)22(41)21(40)17(37)12-34-14-5-4-6-15(11-14)35-19(39)8-3-2-7-16-9-10-62-63-16;;;;/h4-6,11,16-18,20-29,31-34,36-38,40-43,46H,2-3,7-10,12-13H2,1H3,(H,35,39)(H,44,45)(H,47,48,49)(H,50,51,52)(H,53,54,55);;;;/q;4*+1/p-4/t16?,17-,18+,20+,21-,22+,23+,24-,25-,26-,27+,28+,29-,31?,32-,33+;;;;/m0..../s1. The second-order valence-corrected chi connectivity index (χ2v) is 21.4. The van der Waals surface area contributed by atoms with Gasteiger partial charge < -0.3 is 88.9 Å². The number of carbonyl (C=O) groups is 1. The van der Waals surface area contributed by atoms with E-state index < -0.39 is 141 Å². The van der Waals surface area contributed by atoms with Gasteiger partial charge in [0.1, 0.15) is 71.1 Å². The number of aliphatic hydroxyl groups excluding tert-OH is 7. The molecular weight excluding hydrogens is 1090 g/mol. The number of carboxylic acid groups (broad SMARTS) is 1. The minimum atomic E-state index is -5.76. The van der Waals surface area contributed by atoms with Crippen molar-refractivity contribution < 1.29 is 236 Å². The number of aliphatic hydroxyl groups is 7. The summed E-state index contributed by atoms with van der Waals surface area (Å²) in [6.45, 7) is -1.75. The van der Waals surface area contributed by atoms with Crippen LogP contribution < -0.4 is 138 Å². The Hall–Kier alpha value is 1.83. The molecule has 0 amide bonds. The van der Waals surface area contributed by atoms with E-state index in [2.05, 4.69) is 14.5 Å². The van der Waals surface area contributed by atoms with E-state index in [1.54, 1.807) is 12.1 Å². The maximum Gasteiger partial charge on any atom is 1.00 e. The van der Waals surface area contributed by atoms with Gasteiger partial charge in [0.15, 0.2) is 34.4 Å². The molecule has 0 aromatic heterocycles. The van der Waals surface area contributed by atoms with Crippen LogP contribution in [0.25, 0.3) is 0 Å². The fourth-order valence-electron chi connectivity index (χ4n) is 6.84. The summed E-state index contributed by atoms with van der Waals surface area (Å²) in [6.07, 6.45) is -28.0. The SMILES string of the molecule is CO[C@H]1[C@H](O)[C@@H](NS(=O)(=O)[O-])[C@@H](O[C@H]2[C@H](O)[C@@H](OS(=O)(=O)O)[C@H](OC[C@@H](O)[C@@H](O)[C@@H](O)[C@@H](O)CNc3cccc(N=C([O-])CCCCC4CCSS4)c3)O[C@H]2C(=O)[O-])O[C@@H]1C(O)S(=O)(=O)[O-].[Na+].[Na+].[Na+].[Na+]. The molecule has 0 saturated carbocycles. The van der Waals surface area contributed by atoms with Crippen LogP contribution in [-0.2, 0) is 63.5 Å². The van der Waals surface area contributed by atoms with Gasteiger partial charge in [0, 0.05) is 30.3 Å². The maximum atomic E-state index is 12.4. The second-order valence-electron chi connectivity index (χ2n) is 14.9. The number of nitrogens with one attached hydrogen (secondary N) is 2. The first-order chi connectivity index (χ1) is 30.7. The number of anilines is 1. The summed E-state index contributed by atoms with van der Waals surface area (Å²) in [6, 6.07) is 3.66. The molecule has 0 bridgehead atoms. The number of hydrogen-bond acceptors (Lipinski definition) is 28. The number of unbranched alkanes of at least 4 members (excludes halogenated alkanes) is 1. The van der Waals surface area contributed by atoms with Gasteiger partial charge in [0.05, 0.1) is 24.4 Å². The van der Waals surface area contributed by atoms with Crippen molar-refractivity contribution in [1.29, 1.82) is 0 Å². The van der Waals surface area contributed by atoms with Crippen molar-refractivity contribution in [2.24, 2.45) is 4.99 Å². The van der Waals surface area contributed by atoms with Crippen molar-refractivity contribution in [3.8, 4) is 0 Å². The molecule has 0 radical (unpaired) electrons. The number of aliphatic imine (C=N–C) groups is 1. The number of benzene rings is 1. The van der Waals surface area contributed by atoms with E-state index in [9.17, 15) is 89.7 Å². The summed E-state index contributed by atoms with van der Waals surface area (Å²) >= 11 is 0. The van der Waals surface area contributed by atoms with Gasteiger partial charge >= 0.3 is 129 Å². The Bertz CT molecular complexity index is 2120. The third kappa shape index (κ3) is 22.3. The largest absolute Gasteiger partial charge is 1.00 e. The number of aliphatic carboxylic acids is 1. The quantitative estimate of drug-likeness (QED) is 0.0109. The smallest absolute Gasteiger partial charge is 0.862 e. The summed E-state index contributed by atoms with van der Waals surface area (Å²) in [5.41, 5.74) is -2.52. The Morgan fingerprint density at radius 2 is 1.54 bits per heavy atom. The van der Waals surface area contributed by atoms with Crippen LogP contribution in [0.1, 0.15) is 32.1 Å². The molecule has 28 nitrogen and oxygen atoms in total. The van der Waals surface area contributed by atoms with Gasteiger partial charge in [-0.05, 0) is 49.8 Å². The normalized spacial score (nSPS) is 29.6. The number of hydrogen-bond donors (Lipinski definition) is 10. The van der Waals surface area contributed by atoms with Crippen LogP contribution in [0.4, 0.5) is 11.4 Å². The number of rotatable bonds is 25. The number of carbonyl (C=O) groups excluding carboxylic acids is 1. The number of methoxy groups -OCH3 is 1. The molecular formula is C33H49N3Na4O25S5. The predicted molar refractivity (Wildman–Crippen MR) is 218 cm³/mol. The Morgan fingerprint density at radius 1 is 0.900 bits per heavy atom. The van der Waals surface area contributed by atoms with Crippen molar-refractivity contribution in [3.63, 3.8) is 0 Å². The summed E-state index contributed by atoms with van der Waals surface area (Å²) < 4.78 is 134. The number of nitrogens with zero attached hydrogens (tertiary/aromatic N) is 1. The zero-order valence-corrected chi connectivity index (χ0v) is 50.3. The molecule has 0 spiro atoms. The van der Waals surface area contributed by atoms with E-state index in [4.69, 9.17) is 23.7 Å². The molecule has 1 aromatic carbocycles. The Morgan fingerprint density at radius 3 is 2.10 bits per heavy atom. The minimum absolute atomic E-state index is 0. The van der Waals surface area contributed by atoms with Gasteiger partial charge in [0.25, 0.3) is 0 Å². The van der Waals surface area contributed by atoms with Crippen molar-refractivity contribution in [2.45, 2.75) is 129 Å². The average molecular weight is 1140 g/mol. The van der Waals surface area contributed by atoms with Gasteiger partial charge in [-0.2, -0.15) is 8.42 Å². The van der Waals surface area contributed by atoms with Gasteiger partial charge in [-0.15, -0.1) is 0 Å². The Labute approximate surface area is 499 Å². The summed E-state index contributed by atoms with van der Waals surface area (Å²) in [7, 11) is -12.7. The first-order valence-electron chi connectivity index (χ1n) is 19.5. The van der Waals surface area contributed by atoms with Crippen molar-refractivity contribution in [2.75, 3.05) is 31.3 Å². The third-order valence-corrected chi connectivity index (χ3v) is 15.0. The van der Waals surface area contributed by atoms with E-state index in [0.29, 0.717) is 23.0 Å². The second kappa shape index (κ2) is 32.7. The molecule has 1 aromatic rings. The molecule has 0 aliphatic carbocycles. The fraction of sp³-hybridized carbons (Fsp3) is 0.758. The number of ether oxygens (including phenoxy) is 5. The summed E-state index contributed by atoms with van der Waals surface area (Å²) in [4.78, 5) is 16.4. The Balaban J connectivity index is 0.0000119. The van der Waals surface area contributed by atoms with E-state index in [0.717, 1.165) is 32.1 Å². The van der Waals surface area contributed by atoms with Gasteiger partial charge in [-0.3, -0.25) is 9.55 Å². The first kappa shape index (κ1) is 71.8. The molecule has 3 heterocycles. The van der Waals surface area contributed by atoms with Crippen LogP contribution in [0.15, 0.2) is 29.3 Å². The molecule has 16 atom stereocenters. The van der Waals surface area contributed by atoms with Crippen LogP contribution in [0, 0.1) is 0 Å². The van der Waals surface area contributed by atoms with Crippen LogP contribution in [0.3, 0.4) is 0 Å². The van der Waals surface area contributed by atoms with Gasteiger partial charge in [-0.25, -0.2) is 25.7 Å². The Kier molecular flexibility index (Phi) is 33.5. The molecule has 2 unspecified atom stereocenters. The fourth-order valence-corrected chi connectivity index (χ4v) is 11.5. The first-order valence-corrected chi connectivity index (χ1v) is 26.1. The monoisotopic (exact) mass is 1140 g/mol. The van der Waals surface area contributed by atoms with Crippen LogP contribution in [0.5, 0.6) is 0 Å². The number of carboxylic acids is 1. The van der Waals surface area contributed by atoms with E-state index >= 15 is 0 Å². The van der Waals surface area contributed by atoms with Gasteiger partial charge in [0.2, 0.25) is 0 Å². The molecule has 70 heavy (non-hydrogen) atoms. The molecule has 10 N–H and O–H groups in total. The third-order valence-electron chi connectivity index (χ3n) is 10.1. The van der Waals surface area contributed by atoms with Crippen molar-refractivity contribution in [1.82, 2.24) is 4.72 Å². The molecule has 3 aliphatic rings. The molecule has 4 rings (SSSR count). The average Bonchev–Trinajstić information content (AvgIpc) is 3.75. The zero-order chi connectivity index (χ0) is 49.3.